The van der Waals surface area contributed by atoms with E-state index in [1.165, 1.54) is 13.0 Å². The molecule has 0 unspecified atom stereocenters. The molecule has 0 amide bonds. The summed E-state index contributed by atoms with van der Waals surface area (Å²) < 4.78 is 18.4. The van der Waals surface area contributed by atoms with Gasteiger partial charge in [-0.2, -0.15) is 0 Å². The van der Waals surface area contributed by atoms with E-state index in [1.54, 1.807) is 6.92 Å². The van der Waals surface area contributed by atoms with Crippen molar-refractivity contribution in [2.24, 2.45) is 0 Å². The van der Waals surface area contributed by atoms with Crippen molar-refractivity contribution >= 4 is 11.5 Å². The lowest BCUT2D eigenvalue weighted by molar-refractivity contribution is 0.101. The fourth-order valence-electron chi connectivity index (χ4n) is 1.22. The van der Waals surface area contributed by atoms with Gasteiger partial charge in [-0.05, 0) is 13.8 Å². The lowest BCUT2D eigenvalue weighted by Crippen LogP contribution is -2.04. The fourth-order valence-corrected chi connectivity index (χ4v) is 1.22. The molecule has 0 aromatic heterocycles. The van der Waals surface area contributed by atoms with Crippen LogP contribution < -0.4 is 10.5 Å². The Kier molecular flexibility index (Phi) is 3.06. The minimum Gasteiger partial charge on any atom is -0.494 e. The van der Waals surface area contributed by atoms with E-state index in [9.17, 15) is 9.18 Å². The maximum absolute atomic E-state index is 13.3. The number of Topliss-reactive ketones (excluding diaryl/α,β-unsaturated/α-hetero) is 1. The van der Waals surface area contributed by atoms with Crippen molar-refractivity contribution in [3.63, 3.8) is 0 Å². The lowest BCUT2D eigenvalue weighted by atomic mass is 10.1. The predicted molar refractivity (Wildman–Crippen MR) is 52.0 cm³/mol. The SMILES string of the molecule is CCOc1cc(N)c(C(C)=O)c(F)c1. The molecule has 0 bridgehead atoms. The number of ketones is 1. The average molecular weight is 197 g/mol. The molecule has 14 heavy (non-hydrogen) atoms. The summed E-state index contributed by atoms with van der Waals surface area (Å²) in [7, 11) is 0. The van der Waals surface area contributed by atoms with Crippen molar-refractivity contribution in [3.05, 3.63) is 23.5 Å². The molecule has 0 heterocycles. The van der Waals surface area contributed by atoms with Gasteiger partial charge in [0, 0.05) is 17.8 Å². The van der Waals surface area contributed by atoms with E-state index in [0.717, 1.165) is 6.07 Å². The molecule has 0 fully saturated rings. The Morgan fingerprint density at radius 3 is 2.64 bits per heavy atom. The number of nitrogen functional groups attached to an aromatic ring is 1. The van der Waals surface area contributed by atoms with E-state index in [-0.39, 0.29) is 17.0 Å². The maximum atomic E-state index is 13.3. The first-order valence-electron chi connectivity index (χ1n) is 4.29. The highest BCUT2D eigenvalue weighted by molar-refractivity contribution is 5.99. The zero-order valence-electron chi connectivity index (χ0n) is 8.13. The lowest BCUT2D eigenvalue weighted by Gasteiger charge is -2.07. The minimum atomic E-state index is -0.638. The molecular formula is C10H12FNO2. The molecule has 0 saturated heterocycles. The topological polar surface area (TPSA) is 52.3 Å². The molecule has 0 radical (unpaired) electrons. The summed E-state index contributed by atoms with van der Waals surface area (Å²) in [5.74, 6) is -0.684. The van der Waals surface area contributed by atoms with Gasteiger partial charge in [0.2, 0.25) is 0 Å². The summed E-state index contributed by atoms with van der Waals surface area (Å²) in [5.41, 5.74) is 5.55. The number of halogens is 1. The molecule has 2 N–H and O–H groups in total. The second-order valence-corrected chi connectivity index (χ2v) is 2.86. The third-order valence-electron chi connectivity index (χ3n) is 1.76. The van der Waals surface area contributed by atoms with Gasteiger partial charge in [-0.3, -0.25) is 4.79 Å². The van der Waals surface area contributed by atoms with Gasteiger partial charge in [-0.25, -0.2) is 4.39 Å². The van der Waals surface area contributed by atoms with Crippen molar-refractivity contribution in [1.29, 1.82) is 0 Å². The number of nitrogens with two attached hydrogens (primary N) is 1. The van der Waals surface area contributed by atoms with Crippen molar-refractivity contribution in [2.45, 2.75) is 13.8 Å². The fraction of sp³-hybridized carbons (Fsp3) is 0.300. The molecule has 4 heteroatoms. The van der Waals surface area contributed by atoms with E-state index in [0.29, 0.717) is 12.4 Å². The van der Waals surface area contributed by atoms with E-state index in [1.807, 2.05) is 0 Å². The largest absolute Gasteiger partial charge is 0.494 e. The molecule has 0 aliphatic heterocycles. The van der Waals surface area contributed by atoms with Crippen LogP contribution in [-0.2, 0) is 0 Å². The van der Waals surface area contributed by atoms with Crippen LogP contribution in [0.3, 0.4) is 0 Å². The van der Waals surface area contributed by atoms with Gasteiger partial charge in [-0.1, -0.05) is 0 Å². The van der Waals surface area contributed by atoms with E-state index < -0.39 is 5.82 Å². The van der Waals surface area contributed by atoms with Gasteiger partial charge < -0.3 is 10.5 Å². The Morgan fingerprint density at radius 1 is 1.57 bits per heavy atom. The van der Waals surface area contributed by atoms with Crippen LogP contribution in [0.4, 0.5) is 10.1 Å². The van der Waals surface area contributed by atoms with Crippen molar-refractivity contribution in [3.8, 4) is 5.75 Å². The number of hydrogen-bond donors (Lipinski definition) is 1. The quantitative estimate of drug-likeness (QED) is 0.595. The Balaban J connectivity index is 3.18. The summed E-state index contributed by atoms with van der Waals surface area (Å²) in [5, 5.41) is 0. The van der Waals surface area contributed by atoms with Crippen LogP contribution in [0.15, 0.2) is 12.1 Å². The minimum absolute atomic E-state index is 0.0755. The first-order valence-corrected chi connectivity index (χ1v) is 4.29. The number of hydrogen-bond acceptors (Lipinski definition) is 3. The first-order chi connectivity index (χ1) is 6.56. The van der Waals surface area contributed by atoms with Gasteiger partial charge in [-0.15, -0.1) is 0 Å². The average Bonchev–Trinajstić information content (AvgIpc) is 2.01. The monoisotopic (exact) mass is 197 g/mol. The van der Waals surface area contributed by atoms with Crippen LogP contribution >= 0.6 is 0 Å². The summed E-state index contributed by atoms with van der Waals surface area (Å²) in [6.07, 6.45) is 0. The third kappa shape index (κ3) is 2.02. The molecule has 3 nitrogen and oxygen atoms in total. The maximum Gasteiger partial charge on any atom is 0.164 e. The Labute approximate surface area is 81.7 Å². The number of ether oxygens (including phenoxy) is 1. The standard InChI is InChI=1S/C10H12FNO2/c1-3-14-7-4-8(11)10(6(2)13)9(12)5-7/h4-5H,3,12H2,1-2H3. The van der Waals surface area contributed by atoms with Crippen molar-refractivity contribution in [2.75, 3.05) is 12.3 Å². The highest BCUT2D eigenvalue weighted by Crippen LogP contribution is 2.23. The summed E-state index contributed by atoms with van der Waals surface area (Å²) >= 11 is 0. The molecule has 0 aliphatic rings. The zero-order chi connectivity index (χ0) is 10.7. The Hall–Kier alpha value is -1.58. The first kappa shape index (κ1) is 10.5. The molecule has 0 saturated carbocycles. The van der Waals surface area contributed by atoms with Gasteiger partial charge in [0.05, 0.1) is 12.2 Å². The van der Waals surface area contributed by atoms with Crippen LogP contribution in [0.25, 0.3) is 0 Å². The highest BCUT2D eigenvalue weighted by atomic mass is 19.1. The van der Waals surface area contributed by atoms with Crippen LogP contribution in [-0.4, -0.2) is 12.4 Å². The zero-order valence-corrected chi connectivity index (χ0v) is 8.13. The normalized spacial score (nSPS) is 9.93. The summed E-state index contributed by atoms with van der Waals surface area (Å²) in [4.78, 5) is 11.0. The summed E-state index contributed by atoms with van der Waals surface area (Å²) in [6.45, 7) is 3.49. The molecule has 76 valence electrons. The van der Waals surface area contributed by atoms with E-state index >= 15 is 0 Å². The molecule has 1 rings (SSSR count). The second kappa shape index (κ2) is 4.09. The number of carbonyl (C=O) groups is 1. The molecule has 1 aromatic carbocycles. The molecule has 0 atom stereocenters. The number of carbonyl (C=O) groups excluding carboxylic acids is 1. The van der Waals surface area contributed by atoms with Gasteiger partial charge in [0.25, 0.3) is 0 Å². The van der Waals surface area contributed by atoms with E-state index in [2.05, 4.69) is 0 Å². The van der Waals surface area contributed by atoms with Gasteiger partial charge >= 0.3 is 0 Å². The Morgan fingerprint density at radius 2 is 2.21 bits per heavy atom. The van der Waals surface area contributed by atoms with Gasteiger partial charge in [0.15, 0.2) is 5.78 Å². The van der Waals surface area contributed by atoms with E-state index in [4.69, 9.17) is 10.5 Å². The third-order valence-corrected chi connectivity index (χ3v) is 1.76. The molecule has 0 spiro atoms. The molecule has 1 aromatic rings. The van der Waals surface area contributed by atoms with Crippen LogP contribution in [0.2, 0.25) is 0 Å². The number of benzene rings is 1. The molecular weight excluding hydrogens is 185 g/mol. The Bertz CT molecular complexity index is 340. The van der Waals surface area contributed by atoms with Crippen LogP contribution in [0.1, 0.15) is 24.2 Å². The van der Waals surface area contributed by atoms with Crippen LogP contribution in [0, 0.1) is 5.82 Å². The highest BCUT2D eigenvalue weighted by Gasteiger charge is 2.13. The van der Waals surface area contributed by atoms with Gasteiger partial charge in [0.1, 0.15) is 11.6 Å². The second-order valence-electron chi connectivity index (χ2n) is 2.86. The number of rotatable bonds is 3. The van der Waals surface area contributed by atoms with Crippen molar-refractivity contribution in [1.82, 2.24) is 0 Å². The smallest absolute Gasteiger partial charge is 0.164 e. The predicted octanol–water partition coefficient (Wildman–Crippen LogP) is 2.01. The number of anilines is 1. The molecule has 0 aliphatic carbocycles. The van der Waals surface area contributed by atoms with Crippen LogP contribution in [0.5, 0.6) is 5.75 Å². The van der Waals surface area contributed by atoms with Crippen molar-refractivity contribution < 1.29 is 13.9 Å². The summed E-state index contributed by atoms with van der Waals surface area (Å²) in [6, 6.07) is 2.61.